The Morgan fingerprint density at radius 2 is 1.90 bits per heavy atom. The molecule has 0 spiro atoms. The topological polar surface area (TPSA) is 80.5 Å². The smallest absolute Gasteiger partial charge is 0.229 e. The monoisotopic (exact) mass is 453 g/mol. The lowest BCUT2D eigenvalue weighted by Crippen LogP contribution is -2.18. The van der Waals surface area contributed by atoms with Gasteiger partial charge in [0.05, 0.1) is 15.1 Å². The molecule has 0 unspecified atom stereocenters. The zero-order chi connectivity index (χ0) is 21.6. The average molecular weight is 454 g/mol. The molecule has 2 aromatic carbocycles. The minimum Gasteiger partial charge on any atom is -0.354 e. The number of fused-ring (bicyclic) bond motifs is 3. The molecule has 156 valence electrons. The van der Waals surface area contributed by atoms with Crippen molar-refractivity contribution >= 4 is 42.9 Å². The first-order valence-corrected chi connectivity index (χ1v) is 11.7. The standard InChI is InChI=1S/C21H16FN5O2S2/c1-26(13-14-6-3-2-4-7-14)19-18-17(10-11-30-18)27-20(23-19)21(24-25-27)31(28,29)16-9-5-8-15(22)12-16/h2-12H,13H2,1H3. The van der Waals surface area contributed by atoms with E-state index in [1.807, 2.05) is 53.7 Å². The van der Waals surface area contributed by atoms with Crippen molar-refractivity contribution in [2.75, 3.05) is 11.9 Å². The van der Waals surface area contributed by atoms with Crippen LogP contribution < -0.4 is 4.90 Å². The van der Waals surface area contributed by atoms with Crippen LogP contribution in [-0.4, -0.2) is 35.3 Å². The molecule has 0 saturated heterocycles. The minimum absolute atomic E-state index is 0.102. The third kappa shape index (κ3) is 3.33. The van der Waals surface area contributed by atoms with Gasteiger partial charge in [-0.05, 0) is 35.2 Å². The van der Waals surface area contributed by atoms with Crippen LogP contribution in [0.5, 0.6) is 0 Å². The van der Waals surface area contributed by atoms with Gasteiger partial charge in [0.25, 0.3) is 0 Å². The zero-order valence-corrected chi connectivity index (χ0v) is 17.9. The van der Waals surface area contributed by atoms with Gasteiger partial charge in [-0.15, -0.1) is 16.4 Å². The van der Waals surface area contributed by atoms with Gasteiger partial charge in [-0.2, -0.15) is 4.52 Å². The first-order chi connectivity index (χ1) is 14.9. The molecule has 0 aliphatic rings. The Hall–Kier alpha value is -3.37. The molecule has 0 atom stereocenters. The predicted molar refractivity (Wildman–Crippen MR) is 117 cm³/mol. The van der Waals surface area contributed by atoms with Gasteiger partial charge in [0, 0.05) is 13.6 Å². The molecule has 0 saturated carbocycles. The number of benzene rings is 2. The van der Waals surface area contributed by atoms with E-state index in [-0.39, 0.29) is 15.6 Å². The highest BCUT2D eigenvalue weighted by atomic mass is 32.2. The highest BCUT2D eigenvalue weighted by Gasteiger charge is 2.28. The van der Waals surface area contributed by atoms with Crippen LogP contribution in [0.25, 0.3) is 15.9 Å². The molecule has 0 aliphatic carbocycles. The molecule has 5 rings (SSSR count). The van der Waals surface area contributed by atoms with E-state index in [4.69, 9.17) is 0 Å². The maximum absolute atomic E-state index is 13.7. The van der Waals surface area contributed by atoms with Crippen LogP contribution in [0, 0.1) is 5.82 Å². The van der Waals surface area contributed by atoms with Gasteiger partial charge in [0.1, 0.15) is 5.82 Å². The summed E-state index contributed by atoms with van der Waals surface area (Å²) in [6.07, 6.45) is 0. The molecule has 0 amide bonds. The number of nitrogens with zero attached hydrogens (tertiary/aromatic N) is 5. The molecule has 0 aliphatic heterocycles. The van der Waals surface area contributed by atoms with Gasteiger partial charge < -0.3 is 4.90 Å². The summed E-state index contributed by atoms with van der Waals surface area (Å²) in [7, 11) is -2.21. The van der Waals surface area contributed by atoms with E-state index in [9.17, 15) is 12.8 Å². The summed E-state index contributed by atoms with van der Waals surface area (Å²) in [5.74, 6) is -0.0200. The number of hydrogen-bond acceptors (Lipinski definition) is 7. The highest BCUT2D eigenvalue weighted by molar-refractivity contribution is 7.91. The van der Waals surface area contributed by atoms with Gasteiger partial charge in [0.2, 0.25) is 14.9 Å². The van der Waals surface area contributed by atoms with E-state index >= 15 is 0 Å². The van der Waals surface area contributed by atoms with Crippen LogP contribution in [-0.2, 0) is 16.4 Å². The number of aromatic nitrogens is 4. The van der Waals surface area contributed by atoms with Crippen LogP contribution in [0.1, 0.15) is 5.56 Å². The van der Waals surface area contributed by atoms with E-state index < -0.39 is 15.7 Å². The zero-order valence-electron chi connectivity index (χ0n) is 16.3. The summed E-state index contributed by atoms with van der Waals surface area (Å²) in [5, 5.41) is 9.54. The molecule has 5 aromatic rings. The normalized spacial score (nSPS) is 11.9. The van der Waals surface area contributed by atoms with Crippen molar-refractivity contribution in [1.29, 1.82) is 0 Å². The lowest BCUT2D eigenvalue weighted by Gasteiger charge is -2.19. The first-order valence-electron chi connectivity index (χ1n) is 9.33. The third-order valence-corrected chi connectivity index (χ3v) is 7.44. The Kier molecular flexibility index (Phi) is 4.67. The number of halogens is 1. The molecule has 0 bridgehead atoms. The predicted octanol–water partition coefficient (Wildman–Crippen LogP) is 3.95. The number of hydrogen-bond donors (Lipinski definition) is 0. The summed E-state index contributed by atoms with van der Waals surface area (Å²) in [6.45, 7) is 0.588. The fourth-order valence-corrected chi connectivity index (χ4v) is 5.60. The molecule has 0 N–H and O–H groups in total. The van der Waals surface area contributed by atoms with Crippen molar-refractivity contribution in [3.05, 3.63) is 77.4 Å². The maximum atomic E-state index is 13.7. The lowest BCUT2D eigenvalue weighted by molar-refractivity contribution is 0.587. The van der Waals surface area contributed by atoms with Crippen LogP contribution in [0.3, 0.4) is 0 Å². The van der Waals surface area contributed by atoms with Crippen LogP contribution in [0.4, 0.5) is 10.2 Å². The van der Waals surface area contributed by atoms with E-state index in [2.05, 4.69) is 15.3 Å². The number of anilines is 1. The maximum Gasteiger partial charge on any atom is 0.229 e. The molecule has 10 heteroatoms. The molecule has 0 radical (unpaired) electrons. The Labute approximate surface area is 181 Å². The van der Waals surface area contributed by atoms with Crippen molar-refractivity contribution in [3.8, 4) is 0 Å². The molecule has 0 fully saturated rings. The molecule has 31 heavy (non-hydrogen) atoms. The number of rotatable bonds is 5. The second kappa shape index (κ2) is 7.40. The highest BCUT2D eigenvalue weighted by Crippen LogP contribution is 2.33. The van der Waals surface area contributed by atoms with Crippen LogP contribution in [0.15, 0.2) is 76.0 Å². The van der Waals surface area contributed by atoms with Crippen LogP contribution >= 0.6 is 11.3 Å². The van der Waals surface area contributed by atoms with Crippen molar-refractivity contribution in [2.24, 2.45) is 0 Å². The lowest BCUT2D eigenvalue weighted by atomic mass is 10.2. The second-order valence-electron chi connectivity index (χ2n) is 7.00. The quantitative estimate of drug-likeness (QED) is 0.401. The van der Waals surface area contributed by atoms with Gasteiger partial charge >= 0.3 is 0 Å². The van der Waals surface area contributed by atoms with E-state index in [0.29, 0.717) is 17.9 Å². The largest absolute Gasteiger partial charge is 0.354 e. The summed E-state index contributed by atoms with van der Waals surface area (Å²) in [5.41, 5.74) is 1.90. The third-order valence-electron chi connectivity index (χ3n) is 4.89. The average Bonchev–Trinajstić information content (AvgIpc) is 3.41. The Bertz CT molecular complexity index is 1510. The van der Waals surface area contributed by atoms with Gasteiger partial charge in [-0.1, -0.05) is 41.6 Å². The fourth-order valence-electron chi connectivity index (χ4n) is 3.42. The summed E-state index contributed by atoms with van der Waals surface area (Å²) in [6, 6.07) is 16.6. The van der Waals surface area contributed by atoms with Crippen molar-refractivity contribution in [1.82, 2.24) is 19.8 Å². The summed E-state index contributed by atoms with van der Waals surface area (Å²) >= 11 is 1.49. The van der Waals surface area contributed by atoms with E-state index in [1.54, 1.807) is 0 Å². The molecule has 7 nitrogen and oxygen atoms in total. The summed E-state index contributed by atoms with van der Waals surface area (Å²) < 4.78 is 42.3. The van der Waals surface area contributed by atoms with E-state index in [1.165, 1.54) is 34.1 Å². The molecule has 3 aromatic heterocycles. The molecule has 3 heterocycles. The van der Waals surface area contributed by atoms with Gasteiger partial charge in [0.15, 0.2) is 11.5 Å². The Balaban J connectivity index is 1.69. The second-order valence-corrected chi connectivity index (χ2v) is 9.78. The van der Waals surface area contributed by atoms with E-state index in [0.717, 1.165) is 16.3 Å². The van der Waals surface area contributed by atoms with Gasteiger partial charge in [-0.25, -0.2) is 17.8 Å². The minimum atomic E-state index is -4.11. The van der Waals surface area contributed by atoms with Crippen LogP contribution in [0.2, 0.25) is 0 Å². The molecular formula is C21H16FN5O2S2. The molecular weight excluding hydrogens is 437 g/mol. The first kappa shape index (κ1) is 19.6. The van der Waals surface area contributed by atoms with Gasteiger partial charge in [-0.3, -0.25) is 0 Å². The van der Waals surface area contributed by atoms with Crippen molar-refractivity contribution in [3.63, 3.8) is 0 Å². The SMILES string of the molecule is CN(Cc1ccccc1)c1nc2c(S(=O)(=O)c3cccc(F)c3)nnn2c2ccsc12. The van der Waals surface area contributed by atoms with Crippen molar-refractivity contribution in [2.45, 2.75) is 16.5 Å². The van der Waals surface area contributed by atoms with Crippen molar-refractivity contribution < 1.29 is 12.8 Å². The Morgan fingerprint density at radius 3 is 2.68 bits per heavy atom. The summed E-state index contributed by atoms with van der Waals surface area (Å²) in [4.78, 5) is 6.41. The Morgan fingerprint density at radius 1 is 1.10 bits per heavy atom. The number of sulfone groups is 1. The number of thiophene rings is 1. The fraction of sp³-hybridized carbons (Fsp3) is 0.0952.